The third-order valence-corrected chi connectivity index (χ3v) is 2.83. The molecule has 0 aromatic heterocycles. The predicted octanol–water partition coefficient (Wildman–Crippen LogP) is 2.15. The zero-order chi connectivity index (χ0) is 12.7. The number of carbonyl (C=O) groups excluding carboxylic acids is 1. The lowest BCUT2D eigenvalue weighted by molar-refractivity contribution is 0.0941. The Hall–Kier alpha value is -0.820. The number of benzene rings is 1. The van der Waals surface area contributed by atoms with E-state index in [1.165, 1.54) is 6.07 Å². The lowest BCUT2D eigenvalue weighted by atomic mass is 10.2. The van der Waals surface area contributed by atoms with Crippen LogP contribution in [0.2, 0.25) is 0 Å². The first-order valence-corrected chi connectivity index (χ1v) is 6.57. The summed E-state index contributed by atoms with van der Waals surface area (Å²) in [6.45, 7) is 3.80. The van der Waals surface area contributed by atoms with Crippen LogP contribution in [0.3, 0.4) is 0 Å². The van der Waals surface area contributed by atoms with Crippen molar-refractivity contribution in [3.05, 3.63) is 27.3 Å². The van der Waals surface area contributed by atoms with Gasteiger partial charge in [0.2, 0.25) is 0 Å². The quantitative estimate of drug-likeness (QED) is 0.611. The largest absolute Gasteiger partial charge is 0.507 e. The molecule has 0 bridgehead atoms. The van der Waals surface area contributed by atoms with Crippen molar-refractivity contribution in [3.8, 4) is 5.75 Å². The number of aromatic hydroxyl groups is 1. The zero-order valence-corrected chi connectivity index (χ0v) is 11.9. The van der Waals surface area contributed by atoms with Gasteiger partial charge >= 0.3 is 0 Å². The Morgan fingerprint density at radius 1 is 1.53 bits per heavy atom. The first kappa shape index (κ1) is 14.2. The molecule has 0 heterocycles. The van der Waals surface area contributed by atoms with Crippen molar-refractivity contribution in [3.63, 3.8) is 0 Å². The normalized spacial score (nSPS) is 10.2. The molecule has 1 aromatic carbocycles. The molecule has 0 atom stereocenters. The maximum Gasteiger partial charge on any atom is 0.255 e. The molecule has 1 aromatic rings. The highest BCUT2D eigenvalue weighted by Gasteiger charge is 2.10. The Morgan fingerprint density at radius 2 is 2.29 bits per heavy atom. The summed E-state index contributed by atoms with van der Waals surface area (Å²) >= 11 is 2.10. The van der Waals surface area contributed by atoms with E-state index in [0.717, 1.165) is 9.99 Å². The summed E-state index contributed by atoms with van der Waals surface area (Å²) in [5.74, 6) is -0.245. The van der Waals surface area contributed by atoms with Crippen LogP contribution in [0.15, 0.2) is 18.2 Å². The van der Waals surface area contributed by atoms with E-state index < -0.39 is 0 Å². The van der Waals surface area contributed by atoms with Crippen LogP contribution in [0.1, 0.15) is 23.7 Å². The number of phenols is 1. The van der Waals surface area contributed by atoms with Crippen molar-refractivity contribution >= 4 is 28.5 Å². The van der Waals surface area contributed by atoms with Gasteiger partial charge in [-0.3, -0.25) is 4.79 Å². The third kappa shape index (κ3) is 4.91. The lowest BCUT2D eigenvalue weighted by Gasteiger charge is -2.07. The number of hydrogen-bond acceptors (Lipinski definition) is 3. The highest BCUT2D eigenvalue weighted by atomic mass is 127. The molecule has 0 radical (unpaired) electrons. The fourth-order valence-electron chi connectivity index (χ4n) is 1.31. The van der Waals surface area contributed by atoms with Gasteiger partial charge in [0.05, 0.1) is 5.56 Å². The SMILES string of the molecule is CCOCCCNC(=O)c1cc(I)ccc1O. The maximum absolute atomic E-state index is 11.7. The van der Waals surface area contributed by atoms with E-state index in [4.69, 9.17) is 4.74 Å². The van der Waals surface area contributed by atoms with E-state index in [1.54, 1.807) is 12.1 Å². The monoisotopic (exact) mass is 349 g/mol. The molecule has 0 aliphatic carbocycles. The molecule has 0 saturated carbocycles. The van der Waals surface area contributed by atoms with E-state index >= 15 is 0 Å². The molecular formula is C12H16INO3. The Kier molecular flexibility index (Phi) is 6.28. The van der Waals surface area contributed by atoms with Gasteiger partial charge in [0, 0.05) is 23.3 Å². The average Bonchev–Trinajstić information content (AvgIpc) is 2.32. The Balaban J connectivity index is 2.44. The summed E-state index contributed by atoms with van der Waals surface area (Å²) in [7, 11) is 0. The zero-order valence-electron chi connectivity index (χ0n) is 9.70. The van der Waals surface area contributed by atoms with Crippen molar-refractivity contribution in [1.29, 1.82) is 0 Å². The van der Waals surface area contributed by atoms with Gasteiger partial charge < -0.3 is 15.2 Å². The van der Waals surface area contributed by atoms with Crippen molar-refractivity contribution in [2.75, 3.05) is 19.8 Å². The summed E-state index contributed by atoms with van der Waals surface area (Å²) in [4.78, 5) is 11.7. The summed E-state index contributed by atoms with van der Waals surface area (Å²) in [5, 5.41) is 12.3. The van der Waals surface area contributed by atoms with Crippen LogP contribution < -0.4 is 5.32 Å². The molecule has 0 fully saturated rings. The molecule has 1 amide bonds. The van der Waals surface area contributed by atoms with E-state index in [0.29, 0.717) is 25.3 Å². The van der Waals surface area contributed by atoms with Gasteiger partial charge in [-0.25, -0.2) is 0 Å². The van der Waals surface area contributed by atoms with Crippen molar-refractivity contribution in [2.24, 2.45) is 0 Å². The molecule has 17 heavy (non-hydrogen) atoms. The number of phenolic OH excluding ortho intramolecular Hbond substituents is 1. The highest BCUT2D eigenvalue weighted by Crippen LogP contribution is 2.19. The molecule has 1 rings (SSSR count). The van der Waals surface area contributed by atoms with E-state index in [-0.39, 0.29) is 11.7 Å². The molecule has 0 unspecified atom stereocenters. The minimum Gasteiger partial charge on any atom is -0.507 e. The van der Waals surface area contributed by atoms with Gasteiger partial charge in [-0.05, 0) is 54.1 Å². The van der Waals surface area contributed by atoms with E-state index in [2.05, 4.69) is 27.9 Å². The van der Waals surface area contributed by atoms with Crippen LogP contribution in [-0.2, 0) is 4.74 Å². The smallest absolute Gasteiger partial charge is 0.255 e. The first-order valence-electron chi connectivity index (χ1n) is 5.49. The third-order valence-electron chi connectivity index (χ3n) is 2.16. The maximum atomic E-state index is 11.7. The van der Waals surface area contributed by atoms with E-state index in [1.807, 2.05) is 6.92 Å². The standard InChI is InChI=1S/C12H16INO3/c1-2-17-7-3-6-14-12(16)10-8-9(13)4-5-11(10)15/h4-5,8,15H,2-3,6-7H2,1H3,(H,14,16). The second-order valence-electron chi connectivity index (χ2n) is 3.47. The molecule has 0 aliphatic rings. The Labute approximate surface area is 115 Å². The van der Waals surface area contributed by atoms with Crippen LogP contribution in [0, 0.1) is 3.57 Å². The molecule has 5 heteroatoms. The number of amides is 1. The lowest BCUT2D eigenvalue weighted by Crippen LogP contribution is -2.25. The van der Waals surface area contributed by atoms with Gasteiger partial charge in [0.1, 0.15) is 5.75 Å². The van der Waals surface area contributed by atoms with Crippen molar-refractivity contribution < 1.29 is 14.6 Å². The van der Waals surface area contributed by atoms with Crippen LogP contribution >= 0.6 is 22.6 Å². The highest BCUT2D eigenvalue weighted by molar-refractivity contribution is 14.1. The molecule has 0 spiro atoms. The molecular weight excluding hydrogens is 333 g/mol. The van der Waals surface area contributed by atoms with Crippen molar-refractivity contribution in [1.82, 2.24) is 5.32 Å². The van der Waals surface area contributed by atoms with Gasteiger partial charge in [-0.2, -0.15) is 0 Å². The predicted molar refractivity (Wildman–Crippen MR) is 74.3 cm³/mol. The van der Waals surface area contributed by atoms with E-state index in [9.17, 15) is 9.90 Å². The summed E-state index contributed by atoms with van der Waals surface area (Å²) in [5.41, 5.74) is 0.313. The Bertz CT molecular complexity index is 382. The summed E-state index contributed by atoms with van der Waals surface area (Å²) in [6, 6.07) is 4.94. The molecule has 4 nitrogen and oxygen atoms in total. The number of rotatable bonds is 6. The van der Waals surface area contributed by atoms with Gasteiger partial charge in [-0.1, -0.05) is 0 Å². The van der Waals surface area contributed by atoms with Gasteiger partial charge in [0.15, 0.2) is 0 Å². The number of halogens is 1. The number of nitrogens with one attached hydrogen (secondary N) is 1. The van der Waals surface area contributed by atoms with Crippen molar-refractivity contribution in [2.45, 2.75) is 13.3 Å². The molecule has 0 saturated heterocycles. The number of carbonyl (C=O) groups is 1. The average molecular weight is 349 g/mol. The van der Waals surface area contributed by atoms with Gasteiger partial charge in [0.25, 0.3) is 5.91 Å². The topological polar surface area (TPSA) is 58.6 Å². The minimum atomic E-state index is -0.252. The fraction of sp³-hybridized carbons (Fsp3) is 0.417. The number of ether oxygens (including phenoxy) is 1. The second-order valence-corrected chi connectivity index (χ2v) is 4.71. The summed E-state index contributed by atoms with van der Waals surface area (Å²) < 4.78 is 6.08. The second kappa shape index (κ2) is 7.50. The fourth-order valence-corrected chi connectivity index (χ4v) is 1.80. The molecule has 0 aliphatic heterocycles. The van der Waals surface area contributed by atoms with Crippen LogP contribution in [0.5, 0.6) is 5.75 Å². The van der Waals surface area contributed by atoms with Crippen LogP contribution in [0.4, 0.5) is 0 Å². The van der Waals surface area contributed by atoms with Crippen LogP contribution in [0.25, 0.3) is 0 Å². The molecule has 2 N–H and O–H groups in total. The Morgan fingerprint density at radius 3 is 3.00 bits per heavy atom. The van der Waals surface area contributed by atoms with Gasteiger partial charge in [-0.15, -0.1) is 0 Å². The minimum absolute atomic E-state index is 0.00715. The summed E-state index contributed by atoms with van der Waals surface area (Å²) in [6.07, 6.45) is 0.768. The number of hydrogen-bond donors (Lipinski definition) is 2. The van der Waals surface area contributed by atoms with Crippen LogP contribution in [-0.4, -0.2) is 30.8 Å². The molecule has 94 valence electrons. The first-order chi connectivity index (χ1) is 8.15.